The molecular weight excluding hydrogens is 366 g/mol. The van der Waals surface area contributed by atoms with Crippen LogP contribution in [0.5, 0.6) is 0 Å². The minimum Gasteiger partial charge on any atom is -0.347 e. The molecule has 1 aromatic heterocycles. The van der Waals surface area contributed by atoms with Crippen LogP contribution in [0, 0.1) is 24.7 Å². The zero-order valence-electron chi connectivity index (χ0n) is 16.6. The SMILES string of the molecule is Cc1ccccc1[C@@H]1[C@H]2CN(c3nccs3)C[C@H]2CN1C(=O)CC1CCCC1. The van der Waals surface area contributed by atoms with Crippen molar-refractivity contribution in [2.45, 2.75) is 45.1 Å². The summed E-state index contributed by atoms with van der Waals surface area (Å²) < 4.78 is 0. The summed E-state index contributed by atoms with van der Waals surface area (Å²) in [5.41, 5.74) is 2.65. The van der Waals surface area contributed by atoms with Crippen LogP contribution >= 0.6 is 11.3 Å². The van der Waals surface area contributed by atoms with Crippen molar-refractivity contribution in [2.24, 2.45) is 17.8 Å². The van der Waals surface area contributed by atoms with Crippen LogP contribution < -0.4 is 4.90 Å². The lowest BCUT2D eigenvalue weighted by Gasteiger charge is -2.31. The summed E-state index contributed by atoms with van der Waals surface area (Å²) in [4.78, 5) is 22.5. The van der Waals surface area contributed by atoms with Gasteiger partial charge in [-0.15, -0.1) is 11.3 Å². The quantitative estimate of drug-likeness (QED) is 0.755. The monoisotopic (exact) mass is 395 g/mol. The summed E-state index contributed by atoms with van der Waals surface area (Å²) in [7, 11) is 0. The van der Waals surface area contributed by atoms with Gasteiger partial charge in [-0.25, -0.2) is 4.98 Å². The lowest BCUT2D eigenvalue weighted by molar-refractivity contribution is -0.133. The summed E-state index contributed by atoms with van der Waals surface area (Å²) in [5.74, 6) is 2.03. The van der Waals surface area contributed by atoms with E-state index in [2.05, 4.69) is 51.4 Å². The van der Waals surface area contributed by atoms with Crippen LogP contribution in [0.4, 0.5) is 5.13 Å². The van der Waals surface area contributed by atoms with E-state index in [1.54, 1.807) is 11.3 Å². The van der Waals surface area contributed by atoms with E-state index >= 15 is 0 Å². The second-order valence-electron chi connectivity index (χ2n) is 8.85. The molecule has 3 atom stereocenters. The third-order valence-electron chi connectivity index (χ3n) is 7.12. The second kappa shape index (κ2) is 7.51. The molecule has 0 bridgehead atoms. The number of carbonyl (C=O) groups is 1. The summed E-state index contributed by atoms with van der Waals surface area (Å²) >= 11 is 1.72. The zero-order valence-corrected chi connectivity index (χ0v) is 17.4. The van der Waals surface area contributed by atoms with E-state index in [-0.39, 0.29) is 6.04 Å². The van der Waals surface area contributed by atoms with E-state index in [0.717, 1.165) is 31.2 Å². The molecule has 5 rings (SSSR count). The highest BCUT2D eigenvalue weighted by atomic mass is 32.1. The summed E-state index contributed by atoms with van der Waals surface area (Å²) in [6, 6.07) is 8.88. The summed E-state index contributed by atoms with van der Waals surface area (Å²) in [5, 5.41) is 3.18. The van der Waals surface area contributed by atoms with Gasteiger partial charge in [-0.2, -0.15) is 0 Å². The van der Waals surface area contributed by atoms with Crippen molar-refractivity contribution in [1.82, 2.24) is 9.88 Å². The number of thiazole rings is 1. The van der Waals surface area contributed by atoms with E-state index in [9.17, 15) is 4.79 Å². The maximum Gasteiger partial charge on any atom is 0.223 e. The molecule has 0 N–H and O–H groups in total. The van der Waals surface area contributed by atoms with Gasteiger partial charge in [-0.05, 0) is 36.8 Å². The van der Waals surface area contributed by atoms with Gasteiger partial charge in [-0.3, -0.25) is 4.79 Å². The minimum absolute atomic E-state index is 0.213. The van der Waals surface area contributed by atoms with Gasteiger partial charge in [0.2, 0.25) is 5.91 Å². The van der Waals surface area contributed by atoms with Gasteiger partial charge in [0, 0.05) is 49.5 Å². The van der Waals surface area contributed by atoms with Crippen LogP contribution in [0.1, 0.15) is 49.3 Å². The highest BCUT2D eigenvalue weighted by Crippen LogP contribution is 2.47. The number of likely N-dealkylation sites (tertiary alicyclic amines) is 1. The third-order valence-corrected chi connectivity index (χ3v) is 7.95. The molecule has 4 nitrogen and oxygen atoms in total. The lowest BCUT2D eigenvalue weighted by Crippen LogP contribution is -2.36. The molecule has 2 saturated heterocycles. The van der Waals surface area contributed by atoms with Crippen LogP contribution in [0.15, 0.2) is 35.8 Å². The van der Waals surface area contributed by atoms with Crippen molar-refractivity contribution in [3.8, 4) is 0 Å². The predicted octanol–water partition coefficient (Wildman–Crippen LogP) is 4.67. The number of fused-ring (bicyclic) bond motifs is 1. The van der Waals surface area contributed by atoms with Crippen LogP contribution in [0.2, 0.25) is 0 Å². The number of aromatic nitrogens is 1. The number of carbonyl (C=O) groups excluding carboxylic acids is 1. The van der Waals surface area contributed by atoms with Gasteiger partial charge in [0.05, 0.1) is 6.04 Å². The summed E-state index contributed by atoms with van der Waals surface area (Å²) in [6.45, 7) is 5.12. The molecule has 3 heterocycles. The first kappa shape index (κ1) is 18.2. The minimum atomic E-state index is 0.213. The number of amides is 1. The Kier molecular flexibility index (Phi) is 4.87. The van der Waals surface area contributed by atoms with E-state index in [4.69, 9.17) is 0 Å². The molecule has 3 fully saturated rings. The first-order valence-corrected chi connectivity index (χ1v) is 11.6. The number of hydrogen-bond donors (Lipinski definition) is 0. The molecule has 0 radical (unpaired) electrons. The fourth-order valence-electron chi connectivity index (χ4n) is 5.73. The molecule has 1 amide bonds. The number of hydrogen-bond acceptors (Lipinski definition) is 4. The Bertz CT molecular complexity index is 830. The van der Waals surface area contributed by atoms with Crippen molar-refractivity contribution < 1.29 is 4.79 Å². The Morgan fingerprint density at radius 2 is 2.00 bits per heavy atom. The number of anilines is 1. The van der Waals surface area contributed by atoms with E-state index in [1.165, 1.54) is 36.8 Å². The molecule has 1 saturated carbocycles. The highest BCUT2D eigenvalue weighted by Gasteiger charge is 2.49. The molecular formula is C23H29N3OS. The molecule has 2 aliphatic heterocycles. The smallest absolute Gasteiger partial charge is 0.223 e. The molecule has 28 heavy (non-hydrogen) atoms. The third kappa shape index (κ3) is 3.24. The molecule has 3 aliphatic rings. The Balaban J connectivity index is 1.42. The lowest BCUT2D eigenvalue weighted by atomic mass is 9.87. The van der Waals surface area contributed by atoms with Crippen molar-refractivity contribution in [3.05, 3.63) is 47.0 Å². The topological polar surface area (TPSA) is 36.4 Å². The molecule has 1 aromatic carbocycles. The number of rotatable bonds is 4. The first-order valence-electron chi connectivity index (χ1n) is 10.7. The van der Waals surface area contributed by atoms with Gasteiger partial charge >= 0.3 is 0 Å². The van der Waals surface area contributed by atoms with Gasteiger partial charge in [0.15, 0.2) is 5.13 Å². The standard InChI is InChI=1S/C23H29N3OS/c1-16-6-2-5-9-19(16)22-20-15-25(23-24-10-11-28-23)13-18(20)14-26(22)21(27)12-17-7-3-4-8-17/h2,5-6,9-11,17-18,20,22H,3-4,7-8,12-15H2,1H3/t18-,20-,22+/m0/s1. The normalized spacial score (nSPS) is 27.5. The Hall–Kier alpha value is -1.88. The van der Waals surface area contributed by atoms with Crippen molar-refractivity contribution in [2.75, 3.05) is 24.5 Å². The first-order chi connectivity index (χ1) is 13.7. The van der Waals surface area contributed by atoms with Crippen LogP contribution in [0.3, 0.4) is 0 Å². The van der Waals surface area contributed by atoms with Crippen LogP contribution in [-0.4, -0.2) is 35.4 Å². The number of aryl methyl sites for hydroxylation is 1. The molecule has 148 valence electrons. The molecule has 0 unspecified atom stereocenters. The van der Waals surface area contributed by atoms with Gasteiger partial charge in [0.1, 0.15) is 0 Å². The fraction of sp³-hybridized carbons (Fsp3) is 0.565. The van der Waals surface area contributed by atoms with Gasteiger partial charge < -0.3 is 9.80 Å². The molecule has 0 spiro atoms. The van der Waals surface area contributed by atoms with Crippen molar-refractivity contribution >= 4 is 22.4 Å². The zero-order chi connectivity index (χ0) is 19.1. The van der Waals surface area contributed by atoms with E-state index < -0.39 is 0 Å². The maximum atomic E-state index is 13.3. The van der Waals surface area contributed by atoms with Crippen LogP contribution in [0.25, 0.3) is 0 Å². The highest BCUT2D eigenvalue weighted by molar-refractivity contribution is 7.13. The van der Waals surface area contributed by atoms with Gasteiger partial charge in [-0.1, -0.05) is 37.1 Å². The molecule has 1 aliphatic carbocycles. The van der Waals surface area contributed by atoms with E-state index in [0.29, 0.717) is 23.7 Å². The Morgan fingerprint density at radius 1 is 1.18 bits per heavy atom. The van der Waals surface area contributed by atoms with Crippen LogP contribution in [-0.2, 0) is 4.79 Å². The van der Waals surface area contributed by atoms with Gasteiger partial charge in [0.25, 0.3) is 0 Å². The van der Waals surface area contributed by atoms with Crippen molar-refractivity contribution in [3.63, 3.8) is 0 Å². The second-order valence-corrected chi connectivity index (χ2v) is 9.72. The van der Waals surface area contributed by atoms with Crippen molar-refractivity contribution in [1.29, 1.82) is 0 Å². The number of nitrogens with zero attached hydrogens (tertiary/aromatic N) is 3. The fourth-order valence-corrected chi connectivity index (χ4v) is 6.39. The molecule has 5 heteroatoms. The number of benzene rings is 1. The summed E-state index contributed by atoms with van der Waals surface area (Å²) in [6.07, 6.45) is 7.71. The Labute approximate surface area is 171 Å². The maximum absolute atomic E-state index is 13.3. The molecule has 2 aromatic rings. The predicted molar refractivity (Wildman–Crippen MR) is 114 cm³/mol. The largest absolute Gasteiger partial charge is 0.347 e. The average Bonchev–Trinajstić information content (AvgIpc) is 3.46. The van der Waals surface area contributed by atoms with E-state index in [1.807, 2.05) is 6.20 Å². The Morgan fingerprint density at radius 3 is 2.75 bits per heavy atom. The average molecular weight is 396 g/mol.